The van der Waals surface area contributed by atoms with E-state index >= 15 is 0 Å². The summed E-state index contributed by atoms with van der Waals surface area (Å²) in [6.45, 7) is 1.90. The minimum atomic E-state index is -0.158. The van der Waals surface area contributed by atoms with Crippen molar-refractivity contribution in [2.24, 2.45) is 0 Å². The lowest BCUT2D eigenvalue weighted by molar-refractivity contribution is -0.116. The summed E-state index contributed by atoms with van der Waals surface area (Å²) in [5, 5.41) is 18.3. The second kappa shape index (κ2) is 7.27. The van der Waals surface area contributed by atoms with Crippen molar-refractivity contribution in [2.75, 3.05) is 5.32 Å². The van der Waals surface area contributed by atoms with E-state index in [1.807, 2.05) is 24.4 Å². The molecule has 1 aromatic carbocycles. The summed E-state index contributed by atoms with van der Waals surface area (Å²) in [6.07, 6.45) is 1.43. The lowest BCUT2D eigenvalue weighted by atomic mass is 10.2. The van der Waals surface area contributed by atoms with Crippen molar-refractivity contribution in [3.05, 3.63) is 47.2 Å². The summed E-state index contributed by atoms with van der Waals surface area (Å²) in [6, 6.07) is 8.95. The molecule has 3 aromatic rings. The maximum atomic E-state index is 12.0. The van der Waals surface area contributed by atoms with Crippen LogP contribution in [0.1, 0.15) is 24.3 Å². The summed E-state index contributed by atoms with van der Waals surface area (Å²) in [7, 11) is 0. The monoisotopic (exact) mass is 343 g/mol. The van der Waals surface area contributed by atoms with Crippen molar-refractivity contribution in [3.63, 3.8) is 0 Å². The number of nitrogens with zero attached hydrogens (tertiary/aromatic N) is 2. The molecule has 2 N–H and O–H groups in total. The Bertz CT molecular complexity index is 827. The Morgan fingerprint density at radius 1 is 1.38 bits per heavy atom. The molecule has 1 amide bonds. The van der Waals surface area contributed by atoms with Gasteiger partial charge in [-0.1, -0.05) is 17.3 Å². The Kier molecular flexibility index (Phi) is 4.90. The molecule has 2 heterocycles. The molecule has 0 atom stereocenters. The predicted molar refractivity (Wildman–Crippen MR) is 92.0 cm³/mol. The van der Waals surface area contributed by atoms with Crippen LogP contribution in [-0.2, 0) is 11.2 Å². The van der Waals surface area contributed by atoms with Gasteiger partial charge in [-0.2, -0.15) is 4.98 Å². The SMILES string of the molecule is Cc1ccc(O)c(NC(=O)CCCc2nc(-c3cccs3)no2)c1. The molecule has 24 heavy (non-hydrogen) atoms. The molecule has 0 saturated carbocycles. The number of phenolic OH excluding ortho intramolecular Hbond substituents is 1. The Labute approximate surface area is 143 Å². The molecule has 0 bridgehead atoms. The zero-order valence-corrected chi connectivity index (χ0v) is 14.0. The molecule has 0 spiro atoms. The smallest absolute Gasteiger partial charge is 0.226 e. The molecule has 7 heteroatoms. The Morgan fingerprint density at radius 3 is 3.04 bits per heavy atom. The highest BCUT2D eigenvalue weighted by Gasteiger charge is 2.11. The molecule has 124 valence electrons. The van der Waals surface area contributed by atoms with Gasteiger partial charge in [0.05, 0.1) is 10.6 Å². The summed E-state index contributed by atoms with van der Waals surface area (Å²) < 4.78 is 5.20. The number of anilines is 1. The molecule has 0 aliphatic heterocycles. The molecule has 0 aliphatic carbocycles. The van der Waals surface area contributed by atoms with Crippen LogP contribution in [0.25, 0.3) is 10.7 Å². The number of carbonyl (C=O) groups is 1. The molecule has 0 aliphatic rings. The van der Waals surface area contributed by atoms with Crippen LogP contribution in [0.5, 0.6) is 5.75 Å². The van der Waals surface area contributed by atoms with E-state index in [0.717, 1.165) is 10.4 Å². The van der Waals surface area contributed by atoms with E-state index in [1.54, 1.807) is 29.5 Å². The Morgan fingerprint density at radius 2 is 2.25 bits per heavy atom. The van der Waals surface area contributed by atoms with Gasteiger partial charge < -0.3 is 14.9 Å². The van der Waals surface area contributed by atoms with Crippen molar-refractivity contribution in [1.82, 2.24) is 10.1 Å². The number of carbonyl (C=O) groups excluding carboxylic acids is 1. The van der Waals surface area contributed by atoms with Gasteiger partial charge in [-0.25, -0.2) is 0 Å². The topological polar surface area (TPSA) is 88.2 Å². The number of nitrogens with one attached hydrogen (secondary N) is 1. The average molecular weight is 343 g/mol. The molecule has 0 radical (unpaired) electrons. The maximum Gasteiger partial charge on any atom is 0.226 e. The van der Waals surface area contributed by atoms with Crippen molar-refractivity contribution >= 4 is 22.9 Å². The fourth-order valence-electron chi connectivity index (χ4n) is 2.23. The minimum absolute atomic E-state index is 0.0615. The highest BCUT2D eigenvalue weighted by molar-refractivity contribution is 7.13. The van der Waals surface area contributed by atoms with Gasteiger partial charge in [-0.3, -0.25) is 4.79 Å². The lowest BCUT2D eigenvalue weighted by Gasteiger charge is -2.07. The number of thiophene rings is 1. The second-order valence-corrected chi connectivity index (χ2v) is 6.36. The van der Waals surface area contributed by atoms with Gasteiger partial charge in [0.2, 0.25) is 17.6 Å². The summed E-state index contributed by atoms with van der Waals surface area (Å²) in [5.41, 5.74) is 1.40. The van der Waals surface area contributed by atoms with E-state index in [-0.39, 0.29) is 11.7 Å². The predicted octanol–water partition coefficient (Wildman–Crippen LogP) is 3.77. The number of phenols is 1. The first-order valence-corrected chi connectivity index (χ1v) is 8.46. The van der Waals surface area contributed by atoms with E-state index in [1.165, 1.54) is 0 Å². The average Bonchev–Trinajstić information content (AvgIpc) is 3.22. The van der Waals surface area contributed by atoms with Crippen LogP contribution in [0.3, 0.4) is 0 Å². The fourth-order valence-corrected chi connectivity index (χ4v) is 2.87. The van der Waals surface area contributed by atoms with Crippen LogP contribution < -0.4 is 5.32 Å². The third kappa shape index (κ3) is 3.99. The number of aromatic nitrogens is 2. The van der Waals surface area contributed by atoms with Crippen molar-refractivity contribution in [2.45, 2.75) is 26.2 Å². The first-order chi connectivity index (χ1) is 11.6. The third-order valence-electron chi connectivity index (χ3n) is 3.43. The number of aryl methyl sites for hydroxylation is 2. The number of rotatable bonds is 6. The van der Waals surface area contributed by atoms with Gasteiger partial charge in [-0.05, 0) is 42.5 Å². The first kappa shape index (κ1) is 16.2. The molecule has 3 rings (SSSR count). The van der Waals surface area contributed by atoms with Crippen molar-refractivity contribution in [3.8, 4) is 16.5 Å². The minimum Gasteiger partial charge on any atom is -0.506 e. The molecule has 0 saturated heterocycles. The summed E-state index contributed by atoms with van der Waals surface area (Å²) >= 11 is 1.55. The van der Waals surface area contributed by atoms with Gasteiger partial charge >= 0.3 is 0 Å². The summed E-state index contributed by atoms with van der Waals surface area (Å²) in [4.78, 5) is 17.2. The Hall–Kier alpha value is -2.67. The zero-order valence-electron chi connectivity index (χ0n) is 13.2. The van der Waals surface area contributed by atoms with Crippen LogP contribution in [0, 0.1) is 6.92 Å². The normalized spacial score (nSPS) is 10.7. The van der Waals surface area contributed by atoms with Crippen LogP contribution in [0.15, 0.2) is 40.2 Å². The maximum absolute atomic E-state index is 12.0. The molecule has 2 aromatic heterocycles. The van der Waals surface area contributed by atoms with E-state index in [2.05, 4.69) is 15.5 Å². The van der Waals surface area contributed by atoms with Crippen LogP contribution in [0.4, 0.5) is 5.69 Å². The largest absolute Gasteiger partial charge is 0.506 e. The number of amides is 1. The highest BCUT2D eigenvalue weighted by atomic mass is 32.1. The zero-order chi connectivity index (χ0) is 16.9. The van der Waals surface area contributed by atoms with Crippen molar-refractivity contribution in [1.29, 1.82) is 0 Å². The molecular weight excluding hydrogens is 326 g/mol. The first-order valence-electron chi connectivity index (χ1n) is 7.58. The van der Waals surface area contributed by atoms with Crippen molar-refractivity contribution < 1.29 is 14.4 Å². The molecule has 6 nitrogen and oxygen atoms in total. The van der Waals surface area contributed by atoms with Gasteiger partial charge in [0.25, 0.3) is 0 Å². The van der Waals surface area contributed by atoms with Crippen LogP contribution >= 0.6 is 11.3 Å². The standard InChI is InChI=1S/C17H17N3O3S/c1-11-7-8-13(21)12(10-11)18-15(22)5-2-6-16-19-17(20-23-16)14-4-3-9-24-14/h3-4,7-10,21H,2,5-6H2,1H3,(H,18,22). The van der Waals surface area contributed by atoms with Crippen LogP contribution in [0.2, 0.25) is 0 Å². The number of aromatic hydroxyl groups is 1. The van der Waals surface area contributed by atoms with Crippen LogP contribution in [-0.4, -0.2) is 21.2 Å². The van der Waals surface area contributed by atoms with Gasteiger partial charge in [0, 0.05) is 12.8 Å². The number of hydrogen-bond donors (Lipinski definition) is 2. The molecular formula is C17H17N3O3S. The second-order valence-electron chi connectivity index (χ2n) is 5.41. The van der Waals surface area contributed by atoms with Gasteiger partial charge in [0.1, 0.15) is 5.75 Å². The highest BCUT2D eigenvalue weighted by Crippen LogP contribution is 2.24. The number of hydrogen-bond acceptors (Lipinski definition) is 6. The Balaban J connectivity index is 1.49. The fraction of sp³-hybridized carbons (Fsp3) is 0.235. The summed E-state index contributed by atoms with van der Waals surface area (Å²) in [5.74, 6) is 0.999. The van der Waals surface area contributed by atoms with Gasteiger partial charge in [0.15, 0.2) is 0 Å². The molecule has 0 fully saturated rings. The third-order valence-corrected chi connectivity index (χ3v) is 4.30. The van der Waals surface area contributed by atoms with E-state index in [9.17, 15) is 9.90 Å². The van der Waals surface area contributed by atoms with E-state index in [4.69, 9.17) is 4.52 Å². The number of benzene rings is 1. The quantitative estimate of drug-likeness (QED) is 0.665. The molecule has 0 unspecified atom stereocenters. The van der Waals surface area contributed by atoms with Gasteiger partial charge in [-0.15, -0.1) is 11.3 Å². The lowest BCUT2D eigenvalue weighted by Crippen LogP contribution is -2.11. The van der Waals surface area contributed by atoms with E-state index in [0.29, 0.717) is 36.7 Å². The van der Waals surface area contributed by atoms with E-state index < -0.39 is 0 Å².